The van der Waals surface area contributed by atoms with Crippen LogP contribution in [0.5, 0.6) is 0 Å². The summed E-state index contributed by atoms with van der Waals surface area (Å²) in [4.78, 5) is 27.1. The maximum atomic E-state index is 12.2. The van der Waals surface area contributed by atoms with Gasteiger partial charge < -0.3 is 20.5 Å². The Morgan fingerprint density at radius 3 is 2.79 bits per heavy atom. The third-order valence-corrected chi connectivity index (χ3v) is 6.39. The number of nitrogens with two attached hydrogens (primary N) is 1. The Morgan fingerprint density at radius 2 is 2.03 bits per heavy atom. The first-order valence-corrected chi connectivity index (χ1v) is 11.0. The molecule has 0 bridgehead atoms. The number of aromatic nitrogens is 3. The predicted molar refractivity (Wildman–Crippen MR) is 124 cm³/mol. The van der Waals surface area contributed by atoms with Gasteiger partial charge in [0.1, 0.15) is 11.8 Å². The van der Waals surface area contributed by atoms with Gasteiger partial charge in [0.05, 0.1) is 11.2 Å². The fraction of sp³-hybridized carbons (Fsp3) is 0.360. The van der Waals surface area contributed by atoms with Crippen LogP contribution in [0, 0.1) is 11.8 Å². The van der Waals surface area contributed by atoms with Gasteiger partial charge >= 0.3 is 0 Å². The number of aliphatic hydroxyl groups is 1. The summed E-state index contributed by atoms with van der Waals surface area (Å²) in [7, 11) is 1.67. The lowest BCUT2D eigenvalue weighted by molar-refractivity contribution is -0.137. The number of hydrogen-bond donors (Lipinski definition) is 2. The molecule has 2 aromatic heterocycles. The number of nitrogens with zero attached hydrogens (tertiary/aromatic N) is 4. The molecule has 3 aromatic rings. The van der Waals surface area contributed by atoms with Crippen molar-refractivity contribution in [3.63, 3.8) is 0 Å². The molecule has 168 valence electrons. The van der Waals surface area contributed by atoms with E-state index in [-0.39, 0.29) is 5.91 Å². The number of carbonyl (C=O) groups is 1. The molecule has 0 radical (unpaired) electrons. The number of ether oxygens (including phenoxy) is 1. The normalized spacial score (nSPS) is 21.3. The number of benzene rings is 1. The second kappa shape index (κ2) is 8.43. The second-order valence-electron chi connectivity index (χ2n) is 8.61. The van der Waals surface area contributed by atoms with E-state index in [9.17, 15) is 9.90 Å². The zero-order chi connectivity index (χ0) is 23.0. The summed E-state index contributed by atoms with van der Waals surface area (Å²) in [5, 5.41) is 10.6. The number of hydrogen-bond acceptors (Lipinski definition) is 7. The van der Waals surface area contributed by atoms with Crippen molar-refractivity contribution < 1.29 is 14.6 Å². The molecule has 0 spiro atoms. The molecule has 2 aliphatic heterocycles. The number of amides is 1. The molecular weight excluding hydrogens is 418 g/mol. The molecule has 1 atom stereocenters. The third kappa shape index (κ3) is 4.01. The SMILES string of the molecule is CN1CC[C@](O)(C#Cc2cccc(-c3cc(C4CCOCC4)c4ncnc(N)c4n3)c2)C1=O. The molecule has 8 heteroatoms. The molecule has 0 aliphatic carbocycles. The predicted octanol–water partition coefficient (Wildman–Crippen LogP) is 2.11. The number of anilines is 1. The quantitative estimate of drug-likeness (QED) is 0.583. The molecular formula is C25H25N5O3. The van der Waals surface area contributed by atoms with E-state index in [0.29, 0.717) is 49.0 Å². The van der Waals surface area contributed by atoms with Gasteiger partial charge in [-0.15, -0.1) is 0 Å². The van der Waals surface area contributed by atoms with E-state index in [4.69, 9.17) is 15.5 Å². The van der Waals surface area contributed by atoms with Gasteiger partial charge in [0, 0.05) is 44.4 Å². The minimum Gasteiger partial charge on any atom is -0.382 e. The van der Waals surface area contributed by atoms with Crippen molar-refractivity contribution in [3.05, 3.63) is 47.8 Å². The highest BCUT2D eigenvalue weighted by Gasteiger charge is 2.42. The smallest absolute Gasteiger partial charge is 0.267 e. The molecule has 1 aromatic carbocycles. The van der Waals surface area contributed by atoms with Crippen LogP contribution in [0.3, 0.4) is 0 Å². The summed E-state index contributed by atoms with van der Waals surface area (Å²) < 4.78 is 5.54. The van der Waals surface area contributed by atoms with Crippen molar-refractivity contribution in [2.24, 2.45) is 0 Å². The maximum absolute atomic E-state index is 12.2. The first-order chi connectivity index (χ1) is 15.9. The van der Waals surface area contributed by atoms with Crippen LogP contribution < -0.4 is 5.73 Å². The van der Waals surface area contributed by atoms with Gasteiger partial charge in [0.25, 0.3) is 5.91 Å². The van der Waals surface area contributed by atoms with Crippen LogP contribution in [-0.2, 0) is 9.53 Å². The Morgan fingerprint density at radius 1 is 1.21 bits per heavy atom. The minimum absolute atomic E-state index is 0.301. The summed E-state index contributed by atoms with van der Waals surface area (Å²) in [6.45, 7) is 1.92. The Balaban J connectivity index is 1.56. The van der Waals surface area contributed by atoms with Crippen LogP contribution in [0.15, 0.2) is 36.7 Å². The zero-order valence-electron chi connectivity index (χ0n) is 18.4. The summed E-state index contributed by atoms with van der Waals surface area (Å²) >= 11 is 0. The third-order valence-electron chi connectivity index (χ3n) is 6.39. The Hall–Kier alpha value is -3.54. The molecule has 4 heterocycles. The lowest BCUT2D eigenvalue weighted by Gasteiger charge is -2.23. The van der Waals surface area contributed by atoms with Gasteiger partial charge in [-0.3, -0.25) is 4.79 Å². The fourth-order valence-corrected chi connectivity index (χ4v) is 4.45. The van der Waals surface area contributed by atoms with Gasteiger partial charge in [-0.05, 0) is 42.5 Å². The number of likely N-dealkylation sites (N-methyl/N-ethyl adjacent to an activating group) is 1. The minimum atomic E-state index is -1.63. The van der Waals surface area contributed by atoms with Gasteiger partial charge in [-0.25, -0.2) is 15.0 Å². The Bertz CT molecular complexity index is 1290. The van der Waals surface area contributed by atoms with E-state index < -0.39 is 5.60 Å². The van der Waals surface area contributed by atoms with Crippen LogP contribution in [0.4, 0.5) is 5.82 Å². The Labute approximate surface area is 191 Å². The van der Waals surface area contributed by atoms with Crippen LogP contribution in [0.1, 0.15) is 36.3 Å². The lowest BCUT2D eigenvalue weighted by Crippen LogP contribution is -2.37. The van der Waals surface area contributed by atoms with Crippen molar-refractivity contribution in [2.45, 2.75) is 30.8 Å². The molecule has 2 aliphatic rings. The van der Waals surface area contributed by atoms with Crippen molar-refractivity contribution in [3.8, 4) is 23.1 Å². The lowest BCUT2D eigenvalue weighted by atomic mass is 9.90. The largest absolute Gasteiger partial charge is 0.382 e. The fourth-order valence-electron chi connectivity index (χ4n) is 4.45. The molecule has 2 fully saturated rings. The van der Waals surface area contributed by atoms with Crippen LogP contribution in [0.25, 0.3) is 22.3 Å². The number of likely N-dealkylation sites (tertiary alicyclic amines) is 1. The van der Waals surface area contributed by atoms with Gasteiger partial charge in [-0.2, -0.15) is 0 Å². The summed E-state index contributed by atoms with van der Waals surface area (Å²) in [6.07, 6.45) is 3.60. The van der Waals surface area contributed by atoms with E-state index in [2.05, 4.69) is 27.9 Å². The molecule has 33 heavy (non-hydrogen) atoms. The monoisotopic (exact) mass is 443 g/mol. The van der Waals surface area contributed by atoms with Crippen LogP contribution >= 0.6 is 0 Å². The van der Waals surface area contributed by atoms with Gasteiger partial charge in [0.2, 0.25) is 5.60 Å². The van der Waals surface area contributed by atoms with E-state index in [1.54, 1.807) is 7.05 Å². The van der Waals surface area contributed by atoms with E-state index in [0.717, 1.165) is 35.2 Å². The number of rotatable bonds is 2. The molecule has 5 rings (SSSR count). The van der Waals surface area contributed by atoms with Crippen molar-refractivity contribution in [1.82, 2.24) is 19.9 Å². The molecule has 8 nitrogen and oxygen atoms in total. The van der Waals surface area contributed by atoms with Crippen LogP contribution in [0.2, 0.25) is 0 Å². The van der Waals surface area contributed by atoms with E-state index in [1.807, 2.05) is 24.3 Å². The van der Waals surface area contributed by atoms with E-state index >= 15 is 0 Å². The molecule has 2 saturated heterocycles. The maximum Gasteiger partial charge on any atom is 0.267 e. The number of fused-ring (bicyclic) bond motifs is 1. The number of carbonyl (C=O) groups excluding carboxylic acids is 1. The number of pyridine rings is 1. The van der Waals surface area contributed by atoms with Crippen molar-refractivity contribution >= 4 is 22.8 Å². The second-order valence-corrected chi connectivity index (χ2v) is 8.61. The first-order valence-electron chi connectivity index (χ1n) is 11.0. The van der Waals surface area contributed by atoms with E-state index in [1.165, 1.54) is 11.2 Å². The molecule has 0 unspecified atom stereocenters. The van der Waals surface area contributed by atoms with Crippen molar-refractivity contribution in [2.75, 3.05) is 32.5 Å². The topological polar surface area (TPSA) is 114 Å². The summed E-state index contributed by atoms with van der Waals surface area (Å²) in [5.74, 6) is 6.04. The summed E-state index contributed by atoms with van der Waals surface area (Å²) in [6, 6.07) is 9.66. The van der Waals surface area contributed by atoms with Gasteiger partial charge in [-0.1, -0.05) is 24.0 Å². The molecule has 1 amide bonds. The highest BCUT2D eigenvalue weighted by Crippen LogP contribution is 2.35. The Kier molecular flexibility index (Phi) is 5.44. The average molecular weight is 444 g/mol. The molecule has 0 saturated carbocycles. The highest BCUT2D eigenvalue weighted by atomic mass is 16.5. The average Bonchev–Trinajstić information content (AvgIpc) is 3.11. The van der Waals surface area contributed by atoms with Crippen molar-refractivity contribution in [1.29, 1.82) is 0 Å². The summed E-state index contributed by atoms with van der Waals surface area (Å²) in [5.41, 5.74) is 9.30. The van der Waals surface area contributed by atoms with Gasteiger partial charge in [0.15, 0.2) is 5.82 Å². The van der Waals surface area contributed by atoms with Crippen LogP contribution in [-0.4, -0.2) is 63.3 Å². The first kappa shape index (κ1) is 21.3. The zero-order valence-corrected chi connectivity index (χ0v) is 18.4. The highest BCUT2D eigenvalue weighted by molar-refractivity contribution is 5.91. The standard InChI is InChI=1S/C25H25N5O3/c1-30-10-9-25(32,24(30)31)8-5-16-3-2-4-18(13-16)20-14-19(17-6-11-33-12-7-17)21-22(29-20)23(26)28-15-27-21/h2-4,13-15,17,32H,6-7,9-12H2,1H3,(H2,26,27,28)/t25-/m1/s1. The number of nitrogen functional groups attached to an aromatic ring is 1. The molecule has 3 N–H and O–H groups in total.